The zero-order valence-electron chi connectivity index (χ0n) is 19.4. The molecule has 0 spiro atoms. The molecule has 0 radical (unpaired) electrons. The van der Waals surface area contributed by atoms with E-state index in [0.717, 1.165) is 45.5 Å². The Kier molecular flexibility index (Phi) is 5.20. The van der Waals surface area contributed by atoms with Crippen LogP contribution in [-0.2, 0) is 13.6 Å². The van der Waals surface area contributed by atoms with E-state index in [-0.39, 0.29) is 0 Å². The first-order valence-corrected chi connectivity index (χ1v) is 11.1. The average Bonchev–Trinajstić information content (AvgIpc) is 3.19. The fraction of sp³-hybridized carbons (Fsp3) is 0.375. The number of pyridine rings is 1. The van der Waals surface area contributed by atoms with Crippen LogP contribution in [-0.4, -0.2) is 55.2 Å². The molecule has 0 bridgehead atoms. The monoisotopic (exact) mass is 447 g/mol. The van der Waals surface area contributed by atoms with Crippen LogP contribution in [0.15, 0.2) is 36.8 Å². The topological polar surface area (TPSA) is 91.6 Å². The number of aliphatic hydroxyl groups is 1. The first-order valence-electron chi connectivity index (χ1n) is 11.1. The normalized spacial score (nSPS) is 16.4. The number of hydrazine groups is 1. The lowest BCUT2D eigenvalue weighted by Crippen LogP contribution is -2.60. The molecule has 9 nitrogen and oxygen atoms in total. The molecule has 2 aliphatic rings. The van der Waals surface area contributed by atoms with Gasteiger partial charge in [0, 0.05) is 43.2 Å². The van der Waals surface area contributed by atoms with Gasteiger partial charge in [0.25, 0.3) is 0 Å². The van der Waals surface area contributed by atoms with Crippen molar-refractivity contribution in [2.75, 3.05) is 30.0 Å². The van der Waals surface area contributed by atoms with E-state index < -0.39 is 5.60 Å². The lowest BCUT2D eigenvalue weighted by atomic mass is 9.95. The largest absolute Gasteiger partial charge is 0.492 e. The van der Waals surface area contributed by atoms with Crippen LogP contribution in [0.25, 0.3) is 17.5 Å². The van der Waals surface area contributed by atoms with Crippen LogP contribution < -0.4 is 15.1 Å². The molecule has 9 heteroatoms. The van der Waals surface area contributed by atoms with Gasteiger partial charge >= 0.3 is 0 Å². The Balaban J connectivity index is 1.40. The number of aryl methyl sites for hydroxylation is 2. The van der Waals surface area contributed by atoms with E-state index in [1.807, 2.05) is 61.8 Å². The molecule has 172 valence electrons. The van der Waals surface area contributed by atoms with E-state index >= 15 is 0 Å². The highest BCUT2D eigenvalue weighted by Gasteiger charge is 2.39. The molecule has 1 fully saturated rings. The molecule has 4 heterocycles. The maximum Gasteiger partial charge on any atom is 0.163 e. The number of ether oxygens (including phenoxy) is 1. The van der Waals surface area contributed by atoms with Crippen molar-refractivity contribution in [2.24, 2.45) is 7.05 Å². The summed E-state index contributed by atoms with van der Waals surface area (Å²) in [6.07, 6.45) is 5.81. The summed E-state index contributed by atoms with van der Waals surface area (Å²) in [5.41, 5.74) is 7.90. The van der Waals surface area contributed by atoms with Crippen molar-refractivity contribution in [3.8, 4) is 17.1 Å². The van der Waals surface area contributed by atoms with Crippen molar-refractivity contribution in [1.82, 2.24) is 24.8 Å². The fourth-order valence-corrected chi connectivity index (χ4v) is 4.40. The Morgan fingerprint density at radius 1 is 1.24 bits per heavy atom. The van der Waals surface area contributed by atoms with E-state index in [9.17, 15) is 5.11 Å². The summed E-state index contributed by atoms with van der Waals surface area (Å²) in [6.45, 7) is 8.21. The summed E-state index contributed by atoms with van der Waals surface area (Å²) >= 11 is 0. The third-order valence-corrected chi connectivity index (χ3v) is 5.91. The Morgan fingerprint density at radius 3 is 2.76 bits per heavy atom. The molecule has 0 amide bonds. The number of nitrogens with zero attached hydrogens (tertiary/aromatic N) is 6. The van der Waals surface area contributed by atoms with Gasteiger partial charge in [-0.15, -0.1) is 10.2 Å². The summed E-state index contributed by atoms with van der Waals surface area (Å²) in [5.74, 6) is 2.47. The summed E-state index contributed by atoms with van der Waals surface area (Å²) < 4.78 is 7.82. The first kappa shape index (κ1) is 21.3. The van der Waals surface area contributed by atoms with E-state index in [0.29, 0.717) is 26.2 Å². The Labute approximate surface area is 193 Å². The molecular formula is C24H29N7O2. The highest BCUT2D eigenvalue weighted by molar-refractivity contribution is 5.69. The predicted octanol–water partition coefficient (Wildman–Crippen LogP) is 2.97. The molecule has 3 aromatic rings. The molecular weight excluding hydrogens is 418 g/mol. The van der Waals surface area contributed by atoms with Crippen LogP contribution in [0.2, 0.25) is 0 Å². The Morgan fingerprint density at radius 2 is 2.06 bits per heavy atom. The zero-order chi connectivity index (χ0) is 23.2. The lowest BCUT2D eigenvalue weighted by molar-refractivity contribution is 0.0303. The molecule has 2 N–H and O–H groups in total. The molecule has 5 rings (SSSR count). The molecule has 1 aromatic carbocycles. The van der Waals surface area contributed by atoms with Crippen molar-refractivity contribution in [1.29, 1.82) is 0 Å². The van der Waals surface area contributed by atoms with Gasteiger partial charge in [0.05, 0.1) is 24.4 Å². The van der Waals surface area contributed by atoms with E-state index in [2.05, 4.69) is 32.7 Å². The van der Waals surface area contributed by atoms with Gasteiger partial charge in [-0.3, -0.25) is 10.4 Å². The molecule has 2 aromatic heterocycles. The maximum absolute atomic E-state index is 10.2. The number of hydrogen-bond donors (Lipinski definition) is 2. The Hall–Kier alpha value is -3.59. The highest BCUT2D eigenvalue weighted by atomic mass is 16.5. The zero-order valence-corrected chi connectivity index (χ0v) is 19.4. The van der Waals surface area contributed by atoms with Crippen LogP contribution in [0.4, 0.5) is 11.5 Å². The van der Waals surface area contributed by atoms with Gasteiger partial charge in [0.15, 0.2) is 5.82 Å². The number of aromatic nitrogens is 4. The quantitative estimate of drug-likeness (QED) is 0.596. The number of fused-ring (bicyclic) bond motifs is 1. The molecule has 2 aliphatic heterocycles. The second-order valence-electron chi connectivity index (χ2n) is 8.97. The third-order valence-electron chi connectivity index (χ3n) is 5.91. The standard InChI is InChI=1S/C24H29N7O2/c1-5-33-21-11-18(22-27-25-15-29(22)4)6-7-20(21)28-31-9-8-17-10-16(2)26-23(19(17)12-31)30-13-24(3,32)14-30/h6-11,15,28,32H,5,12-14H2,1-4H3. The van der Waals surface area contributed by atoms with E-state index in [1.54, 1.807) is 6.33 Å². The summed E-state index contributed by atoms with van der Waals surface area (Å²) in [6, 6.07) is 8.09. The molecule has 0 saturated carbocycles. The minimum Gasteiger partial charge on any atom is -0.492 e. The van der Waals surface area contributed by atoms with Gasteiger partial charge < -0.3 is 19.3 Å². The van der Waals surface area contributed by atoms with Crippen molar-refractivity contribution in [3.05, 3.63) is 53.6 Å². The van der Waals surface area contributed by atoms with E-state index in [1.165, 1.54) is 0 Å². The van der Waals surface area contributed by atoms with Gasteiger partial charge in [-0.05, 0) is 56.7 Å². The van der Waals surface area contributed by atoms with Gasteiger partial charge in [-0.1, -0.05) is 0 Å². The second kappa shape index (κ2) is 8.08. The van der Waals surface area contributed by atoms with Gasteiger partial charge in [-0.25, -0.2) is 4.98 Å². The number of β-amino-alcohol motifs (C(OH)–C–C–N with tert-alkyl or cyclic N) is 1. The molecule has 1 saturated heterocycles. The van der Waals surface area contributed by atoms with Gasteiger partial charge in [0.2, 0.25) is 0 Å². The first-order chi connectivity index (χ1) is 15.8. The maximum atomic E-state index is 10.2. The second-order valence-corrected chi connectivity index (χ2v) is 8.97. The minimum absolute atomic E-state index is 0.553. The van der Waals surface area contributed by atoms with Crippen molar-refractivity contribution in [3.63, 3.8) is 0 Å². The smallest absolute Gasteiger partial charge is 0.163 e. The number of benzene rings is 1. The van der Waals surface area contributed by atoms with Crippen LogP contribution in [0.1, 0.15) is 30.7 Å². The summed E-state index contributed by atoms with van der Waals surface area (Å²) in [5, 5.41) is 20.4. The third kappa shape index (κ3) is 4.11. The molecule has 0 unspecified atom stereocenters. The number of nitrogens with one attached hydrogen (secondary N) is 1. The lowest BCUT2D eigenvalue weighted by Gasteiger charge is -2.46. The highest BCUT2D eigenvalue weighted by Crippen LogP contribution is 2.35. The number of anilines is 2. The van der Waals surface area contributed by atoms with Crippen LogP contribution in [0.5, 0.6) is 5.75 Å². The van der Waals surface area contributed by atoms with Crippen molar-refractivity contribution in [2.45, 2.75) is 32.9 Å². The van der Waals surface area contributed by atoms with Gasteiger partial charge in [0.1, 0.15) is 17.9 Å². The fourth-order valence-electron chi connectivity index (χ4n) is 4.40. The summed E-state index contributed by atoms with van der Waals surface area (Å²) in [7, 11) is 1.92. The minimum atomic E-state index is -0.655. The van der Waals surface area contributed by atoms with E-state index in [4.69, 9.17) is 9.72 Å². The number of hydrogen-bond acceptors (Lipinski definition) is 8. The van der Waals surface area contributed by atoms with Crippen molar-refractivity contribution < 1.29 is 9.84 Å². The van der Waals surface area contributed by atoms with Gasteiger partial charge in [-0.2, -0.15) is 0 Å². The number of rotatable bonds is 6. The average molecular weight is 448 g/mol. The molecule has 0 aliphatic carbocycles. The SMILES string of the molecule is CCOc1cc(-c2nncn2C)ccc1NN1C=Cc2cc(C)nc(N3CC(C)(O)C3)c2C1. The molecule has 0 atom stereocenters. The van der Waals surface area contributed by atoms with Crippen LogP contribution in [0, 0.1) is 6.92 Å². The molecule has 33 heavy (non-hydrogen) atoms. The predicted molar refractivity (Wildman–Crippen MR) is 128 cm³/mol. The Bertz CT molecular complexity index is 1210. The van der Waals surface area contributed by atoms with Crippen molar-refractivity contribution >= 4 is 17.6 Å². The van der Waals surface area contributed by atoms with Crippen LogP contribution >= 0.6 is 0 Å². The summed E-state index contributed by atoms with van der Waals surface area (Å²) in [4.78, 5) is 6.94. The van der Waals surface area contributed by atoms with Crippen LogP contribution in [0.3, 0.4) is 0 Å².